The standard InChI is InChI=1S/C28H36O9/c1-19(2)8-11-21-24(35-16-30-3)15-26(37-18-32-5)27(28(21)34-7)22(29)12-9-20-10-13-23(33-6)25(14-20)36-17-31-4/h9-10,12-15H,1,8,11,16-18H2,2-7H3. The van der Waals surface area contributed by atoms with E-state index in [0.29, 0.717) is 41.4 Å². The maximum Gasteiger partial charge on any atom is 0.193 e. The average Bonchev–Trinajstić information content (AvgIpc) is 2.90. The van der Waals surface area contributed by atoms with Crippen molar-refractivity contribution in [2.75, 3.05) is 55.9 Å². The van der Waals surface area contributed by atoms with Crippen LogP contribution >= 0.6 is 0 Å². The minimum absolute atomic E-state index is 0.0189. The van der Waals surface area contributed by atoms with E-state index in [4.69, 9.17) is 37.9 Å². The number of methoxy groups -OCH3 is 5. The van der Waals surface area contributed by atoms with Crippen molar-refractivity contribution in [3.05, 3.63) is 59.2 Å². The highest BCUT2D eigenvalue weighted by molar-refractivity contribution is 6.11. The molecular weight excluding hydrogens is 480 g/mol. The Kier molecular flexibility index (Phi) is 12.5. The van der Waals surface area contributed by atoms with E-state index in [-0.39, 0.29) is 37.5 Å². The molecule has 2 aromatic rings. The maximum absolute atomic E-state index is 13.5. The van der Waals surface area contributed by atoms with Crippen LogP contribution in [0.5, 0.6) is 28.7 Å². The van der Waals surface area contributed by atoms with Crippen molar-refractivity contribution < 1.29 is 42.7 Å². The third-order valence-electron chi connectivity index (χ3n) is 5.17. The molecule has 0 aliphatic rings. The number of carbonyl (C=O) groups is 1. The first kappa shape index (κ1) is 29.7. The Bertz CT molecular complexity index is 1080. The monoisotopic (exact) mass is 516 g/mol. The second-order valence-electron chi connectivity index (χ2n) is 7.98. The van der Waals surface area contributed by atoms with Gasteiger partial charge in [-0.3, -0.25) is 4.79 Å². The lowest BCUT2D eigenvalue weighted by atomic mass is 9.97. The maximum atomic E-state index is 13.5. The summed E-state index contributed by atoms with van der Waals surface area (Å²) in [5.74, 6) is 1.81. The first-order valence-electron chi connectivity index (χ1n) is 11.5. The van der Waals surface area contributed by atoms with Crippen molar-refractivity contribution in [1.82, 2.24) is 0 Å². The van der Waals surface area contributed by atoms with E-state index in [0.717, 1.165) is 11.1 Å². The van der Waals surface area contributed by atoms with Gasteiger partial charge < -0.3 is 37.9 Å². The molecule has 0 bridgehead atoms. The molecule has 0 N–H and O–H groups in total. The van der Waals surface area contributed by atoms with Crippen molar-refractivity contribution in [2.24, 2.45) is 0 Å². The molecule has 202 valence electrons. The lowest BCUT2D eigenvalue weighted by Gasteiger charge is -2.20. The highest BCUT2D eigenvalue weighted by Gasteiger charge is 2.25. The van der Waals surface area contributed by atoms with Crippen LogP contribution in [0.1, 0.15) is 34.8 Å². The summed E-state index contributed by atoms with van der Waals surface area (Å²) in [6, 6.07) is 6.96. The smallest absolute Gasteiger partial charge is 0.193 e. The van der Waals surface area contributed by atoms with Crippen LogP contribution in [-0.2, 0) is 20.6 Å². The van der Waals surface area contributed by atoms with Gasteiger partial charge in [-0.2, -0.15) is 0 Å². The van der Waals surface area contributed by atoms with Gasteiger partial charge in [0.2, 0.25) is 0 Å². The second-order valence-corrected chi connectivity index (χ2v) is 7.98. The molecule has 0 saturated heterocycles. The lowest BCUT2D eigenvalue weighted by molar-refractivity contribution is 0.0448. The van der Waals surface area contributed by atoms with Crippen LogP contribution in [0.3, 0.4) is 0 Å². The normalized spacial score (nSPS) is 10.9. The van der Waals surface area contributed by atoms with Gasteiger partial charge in [-0.25, -0.2) is 0 Å². The topological polar surface area (TPSA) is 90.9 Å². The van der Waals surface area contributed by atoms with Gasteiger partial charge in [0.05, 0.1) is 14.2 Å². The minimum Gasteiger partial charge on any atom is -0.495 e. The first-order valence-corrected chi connectivity index (χ1v) is 11.5. The third-order valence-corrected chi connectivity index (χ3v) is 5.17. The average molecular weight is 517 g/mol. The highest BCUT2D eigenvalue weighted by Crippen LogP contribution is 2.41. The number of allylic oxidation sites excluding steroid dienone is 2. The summed E-state index contributed by atoms with van der Waals surface area (Å²) in [5, 5.41) is 0. The molecule has 9 nitrogen and oxygen atoms in total. The Morgan fingerprint density at radius 3 is 2.00 bits per heavy atom. The summed E-state index contributed by atoms with van der Waals surface area (Å²) in [4.78, 5) is 13.5. The second kappa shape index (κ2) is 15.6. The van der Waals surface area contributed by atoms with Gasteiger partial charge in [0.15, 0.2) is 37.7 Å². The first-order chi connectivity index (χ1) is 17.9. The van der Waals surface area contributed by atoms with Crippen LogP contribution in [0, 0.1) is 0 Å². The molecular formula is C28H36O9. The molecule has 0 aliphatic heterocycles. The van der Waals surface area contributed by atoms with Crippen molar-refractivity contribution in [3.8, 4) is 28.7 Å². The molecule has 0 saturated carbocycles. The number of hydrogen-bond donors (Lipinski definition) is 0. The zero-order valence-electron chi connectivity index (χ0n) is 22.4. The van der Waals surface area contributed by atoms with Gasteiger partial charge in [-0.05, 0) is 43.5 Å². The van der Waals surface area contributed by atoms with E-state index < -0.39 is 0 Å². The van der Waals surface area contributed by atoms with Crippen LogP contribution in [0.25, 0.3) is 6.08 Å². The van der Waals surface area contributed by atoms with Crippen molar-refractivity contribution in [1.29, 1.82) is 0 Å². The Hall–Kier alpha value is -3.53. The molecule has 2 aromatic carbocycles. The molecule has 0 atom stereocenters. The molecule has 37 heavy (non-hydrogen) atoms. The zero-order valence-corrected chi connectivity index (χ0v) is 22.4. The predicted molar refractivity (Wildman–Crippen MR) is 140 cm³/mol. The van der Waals surface area contributed by atoms with Crippen molar-refractivity contribution in [3.63, 3.8) is 0 Å². The molecule has 9 heteroatoms. The van der Waals surface area contributed by atoms with Crippen molar-refractivity contribution >= 4 is 11.9 Å². The van der Waals surface area contributed by atoms with Gasteiger partial charge in [0.1, 0.15) is 22.8 Å². The number of carbonyl (C=O) groups excluding carboxylic acids is 1. The van der Waals surface area contributed by atoms with Crippen LogP contribution in [-0.4, -0.2) is 61.7 Å². The fraction of sp³-hybridized carbons (Fsp3) is 0.393. The minimum atomic E-state index is -0.326. The van der Waals surface area contributed by atoms with Crippen molar-refractivity contribution in [2.45, 2.75) is 19.8 Å². The summed E-state index contributed by atoms with van der Waals surface area (Å²) in [7, 11) is 7.61. The number of rotatable bonds is 17. The number of hydrogen-bond acceptors (Lipinski definition) is 9. The van der Waals surface area contributed by atoms with Gasteiger partial charge >= 0.3 is 0 Å². The lowest BCUT2D eigenvalue weighted by Crippen LogP contribution is -2.11. The quantitative estimate of drug-likeness (QED) is 0.124. The fourth-order valence-corrected chi connectivity index (χ4v) is 3.46. The zero-order chi connectivity index (χ0) is 27.2. The highest BCUT2D eigenvalue weighted by atomic mass is 16.7. The molecule has 0 spiro atoms. The van der Waals surface area contributed by atoms with Crippen LogP contribution in [0.15, 0.2) is 42.5 Å². The summed E-state index contributed by atoms with van der Waals surface area (Å²) < 4.78 is 43.3. The molecule has 0 radical (unpaired) electrons. The van der Waals surface area contributed by atoms with E-state index >= 15 is 0 Å². The SMILES string of the molecule is C=C(C)CCc1c(OCOC)cc(OCOC)c(C(=O)C=Cc2ccc(OC)c(OCOC)c2)c1OC. The molecule has 0 aliphatic carbocycles. The van der Waals surface area contributed by atoms with E-state index in [1.165, 1.54) is 34.5 Å². The van der Waals surface area contributed by atoms with E-state index in [2.05, 4.69) is 6.58 Å². The summed E-state index contributed by atoms with van der Waals surface area (Å²) >= 11 is 0. The summed E-state index contributed by atoms with van der Waals surface area (Å²) in [6.07, 6.45) is 4.34. The predicted octanol–water partition coefficient (Wildman–Crippen LogP) is 5.06. The number of benzene rings is 2. The molecule has 2 rings (SSSR count). The van der Waals surface area contributed by atoms with Gasteiger partial charge in [0, 0.05) is 33.0 Å². The number of ether oxygens (including phenoxy) is 8. The van der Waals surface area contributed by atoms with E-state index in [9.17, 15) is 4.79 Å². The third kappa shape index (κ3) is 8.52. The van der Waals surface area contributed by atoms with Gasteiger partial charge in [-0.1, -0.05) is 17.7 Å². The molecule has 0 aromatic heterocycles. The fourth-order valence-electron chi connectivity index (χ4n) is 3.46. The van der Waals surface area contributed by atoms with Crippen LogP contribution in [0.2, 0.25) is 0 Å². The summed E-state index contributed by atoms with van der Waals surface area (Å²) in [6.45, 7) is 5.93. The summed E-state index contributed by atoms with van der Waals surface area (Å²) in [5.41, 5.74) is 2.67. The molecule has 0 heterocycles. The Balaban J connectivity index is 2.55. The van der Waals surface area contributed by atoms with Crippen LogP contribution in [0.4, 0.5) is 0 Å². The molecule has 0 amide bonds. The van der Waals surface area contributed by atoms with E-state index in [1.54, 1.807) is 31.4 Å². The number of ketones is 1. The Labute approximate surface area is 218 Å². The Morgan fingerprint density at radius 1 is 0.811 bits per heavy atom. The molecule has 0 unspecified atom stereocenters. The largest absolute Gasteiger partial charge is 0.495 e. The molecule has 0 fully saturated rings. The van der Waals surface area contributed by atoms with Gasteiger partial charge in [0.25, 0.3) is 0 Å². The van der Waals surface area contributed by atoms with Crippen LogP contribution < -0.4 is 23.7 Å². The Morgan fingerprint density at radius 2 is 1.43 bits per heavy atom. The van der Waals surface area contributed by atoms with Gasteiger partial charge in [-0.15, -0.1) is 6.58 Å². The van der Waals surface area contributed by atoms with E-state index in [1.807, 2.05) is 13.0 Å².